The first-order valence-corrected chi connectivity index (χ1v) is 11.1. The second-order valence-corrected chi connectivity index (χ2v) is 8.23. The number of nitrogens with zero attached hydrogens (tertiary/aromatic N) is 2. The Kier molecular flexibility index (Phi) is 6.08. The third-order valence-corrected chi connectivity index (χ3v) is 6.11. The summed E-state index contributed by atoms with van der Waals surface area (Å²) in [5.41, 5.74) is 1.77. The molecular weight excluding hydrogens is 398 g/mol. The van der Waals surface area contributed by atoms with Gasteiger partial charge in [0, 0.05) is 25.8 Å². The zero-order chi connectivity index (χ0) is 21.0. The monoisotopic (exact) mass is 427 g/mol. The fourth-order valence-corrected chi connectivity index (χ4v) is 4.32. The van der Waals surface area contributed by atoms with E-state index in [9.17, 15) is 0 Å². The van der Waals surface area contributed by atoms with Crippen LogP contribution < -0.4 is 19.5 Å². The summed E-state index contributed by atoms with van der Waals surface area (Å²) in [5.74, 6) is 2.65. The predicted molar refractivity (Wildman–Crippen MR) is 115 cm³/mol. The molecule has 3 heterocycles. The minimum absolute atomic E-state index is 0.00384. The van der Waals surface area contributed by atoms with Crippen molar-refractivity contribution in [2.24, 2.45) is 0 Å². The number of hydrogen-bond donors (Lipinski definition) is 1. The van der Waals surface area contributed by atoms with Gasteiger partial charge in [0.25, 0.3) is 0 Å². The number of hydrogen-bond acceptors (Lipinski definition) is 8. The predicted octanol–water partition coefficient (Wildman–Crippen LogP) is 3.45. The Morgan fingerprint density at radius 3 is 2.58 bits per heavy atom. The number of methoxy groups -OCH3 is 1. The molecule has 5 rings (SSSR count). The normalized spacial score (nSPS) is 25.3. The molecule has 2 fully saturated rings. The summed E-state index contributed by atoms with van der Waals surface area (Å²) in [6.45, 7) is 2.40. The van der Waals surface area contributed by atoms with E-state index in [1.807, 2.05) is 24.4 Å². The van der Waals surface area contributed by atoms with E-state index >= 15 is 0 Å². The van der Waals surface area contributed by atoms with Gasteiger partial charge in [-0.25, -0.2) is 4.98 Å². The lowest BCUT2D eigenvalue weighted by atomic mass is 9.93. The lowest BCUT2D eigenvalue weighted by Gasteiger charge is -2.28. The Morgan fingerprint density at radius 2 is 1.81 bits per heavy atom. The highest BCUT2D eigenvalue weighted by Gasteiger charge is 2.24. The van der Waals surface area contributed by atoms with Crippen molar-refractivity contribution in [3.05, 3.63) is 24.4 Å². The maximum absolute atomic E-state index is 6.26. The molecule has 31 heavy (non-hydrogen) atoms. The zero-order valence-corrected chi connectivity index (χ0v) is 17.8. The number of anilines is 1. The highest BCUT2D eigenvalue weighted by Crippen LogP contribution is 2.38. The van der Waals surface area contributed by atoms with Gasteiger partial charge in [0.05, 0.1) is 24.9 Å². The number of rotatable bonds is 6. The zero-order valence-electron chi connectivity index (χ0n) is 17.8. The lowest BCUT2D eigenvalue weighted by Crippen LogP contribution is -2.30. The SMILES string of the molecule is CO[C@H]1CC[C@@H](Nc2ncc(-c3ccc4c(c3)OCCO4)c(O[C@@H]3CCOC3)n2)CC1. The molecule has 0 bridgehead atoms. The number of aromatic nitrogens is 2. The molecule has 0 spiro atoms. The van der Waals surface area contributed by atoms with E-state index in [1.54, 1.807) is 7.11 Å². The summed E-state index contributed by atoms with van der Waals surface area (Å²) in [6.07, 6.45) is 7.21. The molecule has 2 aromatic rings. The molecule has 2 aliphatic heterocycles. The average molecular weight is 428 g/mol. The van der Waals surface area contributed by atoms with Crippen LogP contribution in [0.3, 0.4) is 0 Å². The first kappa shape index (κ1) is 20.3. The van der Waals surface area contributed by atoms with E-state index in [4.69, 9.17) is 28.7 Å². The molecule has 8 heteroatoms. The fourth-order valence-electron chi connectivity index (χ4n) is 4.32. The molecule has 1 saturated carbocycles. The number of ether oxygens (including phenoxy) is 5. The topological polar surface area (TPSA) is 84.0 Å². The van der Waals surface area contributed by atoms with Crippen molar-refractivity contribution in [1.29, 1.82) is 0 Å². The van der Waals surface area contributed by atoms with Crippen molar-refractivity contribution in [1.82, 2.24) is 9.97 Å². The Bertz CT molecular complexity index is 895. The molecule has 166 valence electrons. The summed E-state index contributed by atoms with van der Waals surface area (Å²) < 4.78 is 28.6. The molecule has 1 saturated heterocycles. The molecule has 1 aromatic heterocycles. The van der Waals surface area contributed by atoms with E-state index in [2.05, 4.69) is 10.3 Å². The third kappa shape index (κ3) is 4.70. The van der Waals surface area contributed by atoms with Gasteiger partial charge in [0.15, 0.2) is 11.5 Å². The molecule has 1 aromatic carbocycles. The second-order valence-electron chi connectivity index (χ2n) is 8.23. The standard InChI is InChI=1S/C23H29N3O5/c1-27-17-5-3-16(4-6-17)25-23-24-13-19(22(26-23)31-18-8-9-28-14-18)15-2-7-20-21(12-15)30-11-10-29-20/h2,7,12-13,16-18H,3-6,8-11,14H2,1H3,(H,24,25,26)/t16-,17+,18-/m1/s1. The number of benzene rings is 1. The highest BCUT2D eigenvalue weighted by atomic mass is 16.6. The van der Waals surface area contributed by atoms with Crippen molar-refractivity contribution in [3.63, 3.8) is 0 Å². The van der Waals surface area contributed by atoms with Gasteiger partial charge in [0.2, 0.25) is 11.8 Å². The van der Waals surface area contributed by atoms with Gasteiger partial charge in [-0.2, -0.15) is 4.98 Å². The average Bonchev–Trinajstić information content (AvgIpc) is 3.33. The van der Waals surface area contributed by atoms with Crippen molar-refractivity contribution >= 4 is 5.95 Å². The number of nitrogens with one attached hydrogen (secondary N) is 1. The van der Waals surface area contributed by atoms with Gasteiger partial charge >= 0.3 is 0 Å². The van der Waals surface area contributed by atoms with Gasteiger partial charge in [-0.1, -0.05) is 6.07 Å². The van der Waals surface area contributed by atoms with Crippen LogP contribution in [-0.2, 0) is 9.47 Å². The maximum atomic E-state index is 6.26. The van der Waals surface area contributed by atoms with E-state index < -0.39 is 0 Å². The van der Waals surface area contributed by atoms with Gasteiger partial charge in [-0.05, 0) is 43.4 Å². The summed E-state index contributed by atoms with van der Waals surface area (Å²) >= 11 is 0. The summed E-state index contributed by atoms with van der Waals surface area (Å²) in [4.78, 5) is 9.35. The molecule has 0 radical (unpaired) electrons. The van der Waals surface area contributed by atoms with Crippen LogP contribution in [0.15, 0.2) is 24.4 Å². The molecule has 8 nitrogen and oxygen atoms in total. The largest absolute Gasteiger partial charge is 0.486 e. The molecule has 1 atom stereocenters. The Labute approximate surface area is 182 Å². The maximum Gasteiger partial charge on any atom is 0.226 e. The van der Waals surface area contributed by atoms with Gasteiger partial charge in [-0.3, -0.25) is 0 Å². The van der Waals surface area contributed by atoms with Crippen LogP contribution in [0.5, 0.6) is 17.4 Å². The van der Waals surface area contributed by atoms with E-state index in [0.717, 1.165) is 54.7 Å². The van der Waals surface area contributed by atoms with Crippen molar-refractivity contribution in [2.45, 2.75) is 50.4 Å². The van der Waals surface area contributed by atoms with Crippen LogP contribution in [0, 0.1) is 0 Å². The first-order chi connectivity index (χ1) is 15.3. The molecule has 1 N–H and O–H groups in total. The van der Waals surface area contributed by atoms with Crippen LogP contribution in [-0.4, -0.2) is 61.8 Å². The van der Waals surface area contributed by atoms with E-state index in [0.29, 0.717) is 50.4 Å². The third-order valence-electron chi connectivity index (χ3n) is 6.11. The van der Waals surface area contributed by atoms with Crippen molar-refractivity contribution < 1.29 is 23.7 Å². The molecule has 0 unspecified atom stereocenters. The van der Waals surface area contributed by atoms with Gasteiger partial charge in [0.1, 0.15) is 19.3 Å². The first-order valence-electron chi connectivity index (χ1n) is 11.1. The minimum Gasteiger partial charge on any atom is -0.486 e. The van der Waals surface area contributed by atoms with E-state index in [1.165, 1.54) is 0 Å². The quantitative estimate of drug-likeness (QED) is 0.751. The van der Waals surface area contributed by atoms with Crippen LogP contribution in [0.1, 0.15) is 32.1 Å². The molecule has 3 aliphatic rings. The minimum atomic E-state index is -0.00384. The van der Waals surface area contributed by atoms with Crippen molar-refractivity contribution in [2.75, 3.05) is 38.9 Å². The Morgan fingerprint density at radius 1 is 0.968 bits per heavy atom. The van der Waals surface area contributed by atoms with Gasteiger partial charge < -0.3 is 29.0 Å². The van der Waals surface area contributed by atoms with Crippen LogP contribution in [0.4, 0.5) is 5.95 Å². The molecule has 1 aliphatic carbocycles. The highest BCUT2D eigenvalue weighted by molar-refractivity contribution is 5.71. The lowest BCUT2D eigenvalue weighted by molar-refractivity contribution is 0.0681. The van der Waals surface area contributed by atoms with E-state index in [-0.39, 0.29) is 6.10 Å². The number of fused-ring (bicyclic) bond motifs is 1. The Balaban J connectivity index is 1.39. The summed E-state index contributed by atoms with van der Waals surface area (Å²) in [5, 5.41) is 3.49. The van der Waals surface area contributed by atoms with Gasteiger partial charge in [-0.15, -0.1) is 0 Å². The Hall–Kier alpha value is -2.58. The van der Waals surface area contributed by atoms with Crippen molar-refractivity contribution in [3.8, 4) is 28.5 Å². The molecule has 0 amide bonds. The molecular formula is C23H29N3O5. The van der Waals surface area contributed by atoms with Crippen LogP contribution in [0.2, 0.25) is 0 Å². The smallest absolute Gasteiger partial charge is 0.226 e. The fraction of sp³-hybridized carbons (Fsp3) is 0.565. The second kappa shape index (κ2) is 9.28. The van der Waals surface area contributed by atoms with Crippen LogP contribution >= 0.6 is 0 Å². The van der Waals surface area contributed by atoms with Crippen LogP contribution in [0.25, 0.3) is 11.1 Å². The summed E-state index contributed by atoms with van der Waals surface area (Å²) in [7, 11) is 1.79. The summed E-state index contributed by atoms with van der Waals surface area (Å²) in [6, 6.07) is 6.22.